The lowest BCUT2D eigenvalue weighted by molar-refractivity contribution is -0.134. The molecule has 4 heteroatoms. The molecule has 2 rings (SSSR count). The molecular formula is C16H20FNO2. The van der Waals surface area contributed by atoms with Crippen LogP contribution in [0.4, 0.5) is 10.1 Å². The van der Waals surface area contributed by atoms with Gasteiger partial charge in [-0.05, 0) is 37.1 Å². The first-order valence-electron chi connectivity index (χ1n) is 7.01. The summed E-state index contributed by atoms with van der Waals surface area (Å²) < 4.78 is 18.5. The SMILES string of the molecule is COC(=O)/C=C/c1ccc(N2CCCCCC2)cc1F. The van der Waals surface area contributed by atoms with Gasteiger partial charge in [0, 0.05) is 30.4 Å². The first-order valence-corrected chi connectivity index (χ1v) is 7.01. The van der Waals surface area contributed by atoms with E-state index in [0.717, 1.165) is 31.6 Å². The van der Waals surface area contributed by atoms with Crippen LogP contribution >= 0.6 is 0 Å². The average Bonchev–Trinajstić information content (AvgIpc) is 2.74. The zero-order valence-electron chi connectivity index (χ0n) is 11.8. The van der Waals surface area contributed by atoms with Crippen molar-refractivity contribution in [3.8, 4) is 0 Å². The van der Waals surface area contributed by atoms with Gasteiger partial charge in [0.2, 0.25) is 0 Å². The summed E-state index contributed by atoms with van der Waals surface area (Å²) in [5.74, 6) is -0.798. The van der Waals surface area contributed by atoms with Gasteiger partial charge in [-0.3, -0.25) is 0 Å². The molecule has 0 amide bonds. The molecule has 1 aromatic rings. The van der Waals surface area contributed by atoms with E-state index in [9.17, 15) is 9.18 Å². The first kappa shape index (κ1) is 14.6. The molecule has 1 aromatic carbocycles. The number of carbonyl (C=O) groups excluding carboxylic acids is 1. The van der Waals surface area contributed by atoms with E-state index in [2.05, 4.69) is 9.64 Å². The minimum absolute atomic E-state index is 0.313. The molecule has 0 radical (unpaired) electrons. The fraction of sp³-hybridized carbons (Fsp3) is 0.438. The van der Waals surface area contributed by atoms with Crippen molar-refractivity contribution in [1.29, 1.82) is 0 Å². The van der Waals surface area contributed by atoms with Crippen molar-refractivity contribution < 1.29 is 13.9 Å². The number of benzene rings is 1. The summed E-state index contributed by atoms with van der Waals surface area (Å²) in [4.78, 5) is 13.2. The fourth-order valence-corrected chi connectivity index (χ4v) is 2.40. The van der Waals surface area contributed by atoms with Gasteiger partial charge in [0.25, 0.3) is 0 Å². The number of anilines is 1. The summed E-state index contributed by atoms with van der Waals surface area (Å²) in [5, 5.41) is 0. The van der Waals surface area contributed by atoms with E-state index in [-0.39, 0.29) is 5.82 Å². The lowest BCUT2D eigenvalue weighted by Crippen LogP contribution is -2.23. The van der Waals surface area contributed by atoms with Gasteiger partial charge >= 0.3 is 5.97 Å². The number of rotatable bonds is 3. The van der Waals surface area contributed by atoms with Gasteiger partial charge in [-0.15, -0.1) is 0 Å². The maximum absolute atomic E-state index is 14.0. The van der Waals surface area contributed by atoms with E-state index in [1.165, 1.54) is 32.1 Å². The molecular weight excluding hydrogens is 257 g/mol. The van der Waals surface area contributed by atoms with E-state index in [4.69, 9.17) is 0 Å². The van der Waals surface area contributed by atoms with Gasteiger partial charge in [-0.25, -0.2) is 9.18 Å². The lowest BCUT2D eigenvalue weighted by Gasteiger charge is -2.22. The minimum atomic E-state index is -0.485. The number of hydrogen-bond acceptors (Lipinski definition) is 3. The summed E-state index contributed by atoms with van der Waals surface area (Å²) in [6.45, 7) is 1.97. The summed E-state index contributed by atoms with van der Waals surface area (Å²) in [5.41, 5.74) is 1.31. The molecule has 1 fully saturated rings. The molecule has 20 heavy (non-hydrogen) atoms. The molecule has 0 bridgehead atoms. The van der Waals surface area contributed by atoms with E-state index >= 15 is 0 Å². The zero-order chi connectivity index (χ0) is 14.4. The fourth-order valence-electron chi connectivity index (χ4n) is 2.40. The van der Waals surface area contributed by atoms with Crippen LogP contribution in [0.25, 0.3) is 6.08 Å². The maximum atomic E-state index is 14.0. The van der Waals surface area contributed by atoms with Crippen molar-refractivity contribution in [2.45, 2.75) is 25.7 Å². The monoisotopic (exact) mass is 277 g/mol. The van der Waals surface area contributed by atoms with Crippen LogP contribution in [0.5, 0.6) is 0 Å². The summed E-state index contributed by atoms with van der Waals surface area (Å²) in [7, 11) is 1.30. The predicted molar refractivity (Wildman–Crippen MR) is 78.1 cm³/mol. The van der Waals surface area contributed by atoms with Crippen molar-refractivity contribution in [2.24, 2.45) is 0 Å². The van der Waals surface area contributed by atoms with Crippen LogP contribution in [-0.2, 0) is 9.53 Å². The molecule has 1 aliphatic rings. The van der Waals surface area contributed by atoms with Gasteiger partial charge in [0.05, 0.1) is 7.11 Å². The Bertz CT molecular complexity index is 491. The Morgan fingerprint density at radius 1 is 1.25 bits per heavy atom. The third kappa shape index (κ3) is 3.83. The molecule has 0 unspecified atom stereocenters. The molecule has 0 saturated carbocycles. The van der Waals surface area contributed by atoms with Gasteiger partial charge in [-0.2, -0.15) is 0 Å². The van der Waals surface area contributed by atoms with Crippen molar-refractivity contribution in [3.05, 3.63) is 35.7 Å². The maximum Gasteiger partial charge on any atom is 0.330 e. The largest absolute Gasteiger partial charge is 0.466 e. The minimum Gasteiger partial charge on any atom is -0.466 e. The number of methoxy groups -OCH3 is 1. The van der Waals surface area contributed by atoms with E-state index in [1.54, 1.807) is 12.1 Å². The summed E-state index contributed by atoms with van der Waals surface area (Å²) >= 11 is 0. The standard InChI is InChI=1S/C16H20FNO2/c1-20-16(19)9-7-13-6-8-14(12-15(13)17)18-10-4-2-3-5-11-18/h6-9,12H,2-5,10-11H2,1H3/b9-7+. The van der Waals surface area contributed by atoms with E-state index < -0.39 is 5.97 Å². The average molecular weight is 277 g/mol. The van der Waals surface area contributed by atoms with Crippen LogP contribution in [0, 0.1) is 5.82 Å². The second-order valence-corrected chi connectivity index (χ2v) is 4.96. The third-order valence-electron chi connectivity index (χ3n) is 3.56. The van der Waals surface area contributed by atoms with Crippen LogP contribution in [0.3, 0.4) is 0 Å². The van der Waals surface area contributed by atoms with Crippen LogP contribution < -0.4 is 4.90 Å². The summed E-state index contributed by atoms with van der Waals surface area (Å²) in [6, 6.07) is 5.16. The molecule has 3 nitrogen and oxygen atoms in total. The molecule has 1 heterocycles. The van der Waals surface area contributed by atoms with Gasteiger partial charge in [-0.1, -0.05) is 12.8 Å². The van der Waals surface area contributed by atoms with Crippen molar-refractivity contribution >= 4 is 17.7 Å². The Kier molecular flexibility index (Phi) is 5.16. The number of halogens is 1. The Labute approximate surface area is 119 Å². The Hall–Kier alpha value is -1.84. The molecule has 0 atom stereocenters. The highest BCUT2D eigenvalue weighted by Gasteiger charge is 2.11. The quantitative estimate of drug-likeness (QED) is 0.626. The molecule has 0 aliphatic carbocycles. The van der Waals surface area contributed by atoms with E-state index in [1.807, 2.05) is 6.07 Å². The molecule has 0 aromatic heterocycles. The van der Waals surface area contributed by atoms with Gasteiger partial charge in [0.15, 0.2) is 0 Å². The Morgan fingerprint density at radius 2 is 1.95 bits per heavy atom. The van der Waals surface area contributed by atoms with Crippen molar-refractivity contribution in [1.82, 2.24) is 0 Å². The summed E-state index contributed by atoms with van der Waals surface area (Å²) in [6.07, 6.45) is 7.48. The zero-order valence-corrected chi connectivity index (χ0v) is 11.8. The van der Waals surface area contributed by atoms with Crippen LogP contribution in [0.15, 0.2) is 24.3 Å². The molecule has 0 N–H and O–H groups in total. The van der Waals surface area contributed by atoms with Gasteiger partial charge in [0.1, 0.15) is 5.82 Å². The molecule has 1 aliphatic heterocycles. The van der Waals surface area contributed by atoms with E-state index in [0.29, 0.717) is 5.56 Å². The molecule has 108 valence electrons. The number of esters is 1. The third-order valence-corrected chi connectivity index (χ3v) is 3.56. The lowest BCUT2D eigenvalue weighted by atomic mass is 10.1. The first-order chi connectivity index (χ1) is 9.70. The Balaban J connectivity index is 2.12. The smallest absolute Gasteiger partial charge is 0.330 e. The number of ether oxygens (including phenoxy) is 1. The highest BCUT2D eigenvalue weighted by atomic mass is 19.1. The normalized spacial score (nSPS) is 16.2. The highest BCUT2D eigenvalue weighted by molar-refractivity contribution is 5.87. The second kappa shape index (κ2) is 7.08. The highest BCUT2D eigenvalue weighted by Crippen LogP contribution is 2.22. The van der Waals surface area contributed by atoms with Crippen molar-refractivity contribution in [2.75, 3.05) is 25.1 Å². The predicted octanol–water partition coefficient (Wildman–Crippen LogP) is 3.39. The van der Waals surface area contributed by atoms with Crippen molar-refractivity contribution in [3.63, 3.8) is 0 Å². The van der Waals surface area contributed by atoms with Crippen LogP contribution in [-0.4, -0.2) is 26.2 Å². The Morgan fingerprint density at radius 3 is 2.55 bits per heavy atom. The van der Waals surface area contributed by atoms with Gasteiger partial charge < -0.3 is 9.64 Å². The number of nitrogens with zero attached hydrogens (tertiary/aromatic N) is 1. The number of hydrogen-bond donors (Lipinski definition) is 0. The molecule has 0 spiro atoms. The number of carbonyl (C=O) groups is 1. The van der Waals surface area contributed by atoms with Crippen LogP contribution in [0.1, 0.15) is 31.2 Å². The molecule has 1 saturated heterocycles. The van der Waals surface area contributed by atoms with Crippen LogP contribution in [0.2, 0.25) is 0 Å². The topological polar surface area (TPSA) is 29.5 Å². The second-order valence-electron chi connectivity index (χ2n) is 4.96.